The fourth-order valence-corrected chi connectivity index (χ4v) is 5.65. The van der Waals surface area contributed by atoms with Crippen molar-refractivity contribution in [2.75, 3.05) is 4.90 Å². The third kappa shape index (κ3) is 3.06. The maximum absolute atomic E-state index is 13.0. The lowest BCUT2D eigenvalue weighted by molar-refractivity contribution is -0.122. The molecular formula is C23H23N3O2S. The lowest BCUT2D eigenvalue weighted by Crippen LogP contribution is -2.32. The zero-order valence-electron chi connectivity index (χ0n) is 16.3. The fourth-order valence-electron chi connectivity index (χ4n) is 4.58. The summed E-state index contributed by atoms with van der Waals surface area (Å²) in [6, 6.07) is 17.8. The molecule has 0 unspecified atom stereocenters. The van der Waals surface area contributed by atoms with Crippen LogP contribution in [-0.4, -0.2) is 16.9 Å². The van der Waals surface area contributed by atoms with Gasteiger partial charge in [0.05, 0.1) is 17.5 Å². The van der Waals surface area contributed by atoms with E-state index in [2.05, 4.69) is 17.5 Å². The van der Waals surface area contributed by atoms with Crippen molar-refractivity contribution in [1.29, 1.82) is 0 Å². The summed E-state index contributed by atoms with van der Waals surface area (Å²) in [4.78, 5) is 26.9. The summed E-state index contributed by atoms with van der Waals surface area (Å²) in [7, 11) is 0. The van der Waals surface area contributed by atoms with Crippen molar-refractivity contribution in [2.24, 2.45) is 16.9 Å². The fraction of sp³-hybridized carbons (Fsp3) is 0.348. The van der Waals surface area contributed by atoms with Gasteiger partial charge >= 0.3 is 0 Å². The number of amides is 2. The topological polar surface area (TPSA) is 61.8 Å². The molecule has 2 heterocycles. The monoisotopic (exact) mass is 405 g/mol. The number of hydrogen-bond acceptors (Lipinski definition) is 5. The highest BCUT2D eigenvalue weighted by atomic mass is 32.2. The number of fused-ring (bicyclic) bond motifs is 1. The zero-order valence-corrected chi connectivity index (χ0v) is 17.1. The van der Waals surface area contributed by atoms with Crippen LogP contribution in [0.1, 0.15) is 43.7 Å². The van der Waals surface area contributed by atoms with Gasteiger partial charge in [-0.2, -0.15) is 5.10 Å². The molecule has 3 atom stereocenters. The molecule has 2 amide bonds. The molecule has 3 aliphatic rings. The van der Waals surface area contributed by atoms with Gasteiger partial charge in [0.15, 0.2) is 0 Å². The van der Waals surface area contributed by atoms with E-state index in [9.17, 15) is 9.59 Å². The van der Waals surface area contributed by atoms with E-state index in [-0.39, 0.29) is 23.7 Å². The van der Waals surface area contributed by atoms with E-state index >= 15 is 0 Å². The number of benzene rings is 2. The number of carbonyl (C=O) groups is 2. The summed E-state index contributed by atoms with van der Waals surface area (Å²) in [5, 5.41) is 5.46. The Morgan fingerprint density at radius 2 is 1.69 bits per heavy atom. The first-order chi connectivity index (χ1) is 14.1. The number of hydrogen-bond donors (Lipinski definition) is 1. The summed E-state index contributed by atoms with van der Waals surface area (Å²) in [6.07, 6.45) is 3.72. The molecule has 2 aliphatic heterocycles. The molecule has 6 heteroatoms. The van der Waals surface area contributed by atoms with Gasteiger partial charge in [-0.15, -0.1) is 0 Å². The summed E-state index contributed by atoms with van der Waals surface area (Å²) >= 11 is 1.64. The number of nitrogens with one attached hydrogen (secondary N) is 1. The van der Waals surface area contributed by atoms with Crippen LogP contribution in [0.15, 0.2) is 59.7 Å². The van der Waals surface area contributed by atoms with Crippen LogP contribution in [0, 0.1) is 11.8 Å². The molecule has 0 bridgehead atoms. The third-order valence-corrected chi connectivity index (χ3v) is 7.44. The molecule has 148 valence electrons. The van der Waals surface area contributed by atoms with Gasteiger partial charge in [0, 0.05) is 5.56 Å². The molecule has 0 spiro atoms. The molecule has 1 saturated heterocycles. The molecule has 1 saturated carbocycles. The second kappa shape index (κ2) is 7.02. The summed E-state index contributed by atoms with van der Waals surface area (Å²) in [5.74, 6) is -0.337. The van der Waals surface area contributed by atoms with Crippen LogP contribution >= 0.6 is 11.8 Å². The maximum atomic E-state index is 13.0. The first-order valence-electron chi connectivity index (χ1n) is 10.1. The minimum Gasteiger partial charge on any atom is -0.288 e. The van der Waals surface area contributed by atoms with Crippen molar-refractivity contribution in [3.8, 4) is 0 Å². The van der Waals surface area contributed by atoms with Crippen LogP contribution in [0.2, 0.25) is 0 Å². The summed E-state index contributed by atoms with van der Waals surface area (Å²) < 4.78 is 0. The van der Waals surface area contributed by atoms with Crippen molar-refractivity contribution in [3.05, 3.63) is 65.7 Å². The number of thioether (sulfide) groups is 1. The van der Waals surface area contributed by atoms with E-state index in [1.165, 1.54) is 4.90 Å². The standard InChI is InChI=1S/C23H23N3O2S/c1-23(25-24-20(29-23)15-8-3-2-4-9-15)16-10-7-11-17(14-16)26-21(27)18-12-5-6-13-19(18)22(26)28/h2-4,7-11,14,18-19,25H,5-6,12-13H2,1H3/t18-,19-,23+/m0/s1. The molecule has 1 aliphatic carbocycles. The minimum atomic E-state index is -0.459. The van der Waals surface area contributed by atoms with E-state index < -0.39 is 4.87 Å². The predicted octanol–water partition coefficient (Wildman–Crippen LogP) is 4.24. The molecular weight excluding hydrogens is 382 g/mol. The van der Waals surface area contributed by atoms with Crippen molar-refractivity contribution in [2.45, 2.75) is 37.5 Å². The van der Waals surface area contributed by atoms with Gasteiger partial charge in [-0.1, -0.05) is 67.1 Å². The molecule has 0 aromatic heterocycles. The van der Waals surface area contributed by atoms with Crippen LogP contribution in [0.3, 0.4) is 0 Å². The average Bonchev–Trinajstić information content (AvgIpc) is 3.28. The third-order valence-electron chi connectivity index (χ3n) is 6.19. The highest BCUT2D eigenvalue weighted by Gasteiger charge is 2.49. The largest absolute Gasteiger partial charge is 0.288 e. The van der Waals surface area contributed by atoms with E-state index in [0.717, 1.165) is 41.9 Å². The Bertz CT molecular complexity index is 982. The van der Waals surface area contributed by atoms with E-state index in [0.29, 0.717) is 5.69 Å². The number of hydrazone groups is 1. The van der Waals surface area contributed by atoms with Crippen LogP contribution in [0.5, 0.6) is 0 Å². The SMILES string of the molecule is C[C@@]1(c2cccc(N3C(=O)[C@H]4CCCC[C@@H]4C3=O)c2)NN=C(c2ccccc2)S1. The molecule has 0 radical (unpaired) electrons. The quantitative estimate of drug-likeness (QED) is 0.776. The van der Waals surface area contributed by atoms with Crippen LogP contribution in [0.4, 0.5) is 5.69 Å². The zero-order chi connectivity index (χ0) is 20.0. The second-order valence-corrected chi connectivity index (χ2v) is 9.50. The number of anilines is 1. The Hall–Kier alpha value is -2.60. The van der Waals surface area contributed by atoms with Crippen molar-refractivity contribution in [1.82, 2.24) is 5.43 Å². The van der Waals surface area contributed by atoms with E-state index in [1.54, 1.807) is 11.8 Å². The Morgan fingerprint density at radius 3 is 2.38 bits per heavy atom. The van der Waals surface area contributed by atoms with Gasteiger partial charge in [-0.05, 0) is 37.5 Å². The van der Waals surface area contributed by atoms with Crippen LogP contribution in [-0.2, 0) is 14.5 Å². The van der Waals surface area contributed by atoms with Gasteiger partial charge in [0.2, 0.25) is 11.8 Å². The molecule has 1 N–H and O–H groups in total. The van der Waals surface area contributed by atoms with Crippen molar-refractivity contribution < 1.29 is 9.59 Å². The average molecular weight is 406 g/mol. The first-order valence-corrected chi connectivity index (χ1v) is 11.0. The maximum Gasteiger partial charge on any atom is 0.237 e. The Kier molecular flexibility index (Phi) is 4.46. The van der Waals surface area contributed by atoms with E-state index in [4.69, 9.17) is 0 Å². The second-order valence-electron chi connectivity index (χ2n) is 8.09. The van der Waals surface area contributed by atoms with Crippen molar-refractivity contribution in [3.63, 3.8) is 0 Å². The molecule has 5 nitrogen and oxygen atoms in total. The number of imide groups is 1. The first kappa shape index (κ1) is 18.4. The Balaban J connectivity index is 1.42. The van der Waals surface area contributed by atoms with Gasteiger partial charge in [-0.3, -0.25) is 19.9 Å². The number of nitrogens with zero attached hydrogens (tertiary/aromatic N) is 2. The van der Waals surface area contributed by atoms with Gasteiger partial charge in [0.1, 0.15) is 9.91 Å². The van der Waals surface area contributed by atoms with Gasteiger partial charge in [-0.25, -0.2) is 0 Å². The smallest absolute Gasteiger partial charge is 0.237 e. The normalized spacial score (nSPS) is 28.9. The summed E-state index contributed by atoms with van der Waals surface area (Å²) in [5.41, 5.74) is 5.98. The number of carbonyl (C=O) groups excluding carboxylic acids is 2. The van der Waals surface area contributed by atoms with Gasteiger partial charge in [0.25, 0.3) is 0 Å². The minimum absolute atomic E-state index is 0.0322. The van der Waals surface area contributed by atoms with Crippen LogP contribution in [0.25, 0.3) is 0 Å². The highest BCUT2D eigenvalue weighted by molar-refractivity contribution is 8.15. The highest BCUT2D eigenvalue weighted by Crippen LogP contribution is 2.43. The molecule has 29 heavy (non-hydrogen) atoms. The Labute approximate surface area is 174 Å². The molecule has 2 fully saturated rings. The lowest BCUT2D eigenvalue weighted by atomic mass is 9.81. The Morgan fingerprint density at radius 1 is 1.00 bits per heavy atom. The summed E-state index contributed by atoms with van der Waals surface area (Å²) in [6.45, 7) is 2.07. The lowest BCUT2D eigenvalue weighted by Gasteiger charge is -2.25. The molecule has 2 aromatic carbocycles. The molecule has 2 aromatic rings. The van der Waals surface area contributed by atoms with E-state index in [1.807, 2.05) is 54.6 Å². The predicted molar refractivity (Wildman–Crippen MR) is 115 cm³/mol. The van der Waals surface area contributed by atoms with Crippen LogP contribution < -0.4 is 10.3 Å². The van der Waals surface area contributed by atoms with Crippen molar-refractivity contribution >= 4 is 34.3 Å². The van der Waals surface area contributed by atoms with Gasteiger partial charge < -0.3 is 0 Å². The molecule has 5 rings (SSSR count). The number of rotatable bonds is 3.